The highest BCUT2D eigenvalue weighted by atomic mass is 16.2. The topological polar surface area (TPSA) is 41.1 Å². The number of benzene rings is 2. The first-order chi connectivity index (χ1) is 10.7. The van der Waals surface area contributed by atoms with Crippen LogP contribution in [0, 0.1) is 0 Å². The zero-order valence-electron chi connectivity index (χ0n) is 13.3. The average Bonchev–Trinajstić information content (AvgIpc) is 2.59. The summed E-state index contributed by atoms with van der Waals surface area (Å²) in [5.74, 6) is 0.608. The first kappa shape index (κ1) is 16.1. The Morgan fingerprint density at radius 2 is 1.14 bits per heavy atom. The lowest BCUT2D eigenvalue weighted by atomic mass is 10.0. The van der Waals surface area contributed by atoms with Gasteiger partial charge in [0.2, 0.25) is 0 Å². The van der Waals surface area contributed by atoms with Crippen molar-refractivity contribution >= 4 is 6.03 Å². The molecular formula is C19H24N2O. The third kappa shape index (κ3) is 4.92. The number of carbonyl (C=O) groups is 1. The van der Waals surface area contributed by atoms with E-state index < -0.39 is 0 Å². The zero-order valence-corrected chi connectivity index (χ0v) is 13.3. The third-order valence-electron chi connectivity index (χ3n) is 3.87. The van der Waals surface area contributed by atoms with Gasteiger partial charge in [-0.3, -0.25) is 0 Å². The van der Waals surface area contributed by atoms with E-state index in [1.165, 1.54) is 11.1 Å². The molecule has 0 aliphatic heterocycles. The number of urea groups is 1. The Hall–Kier alpha value is -2.29. The minimum Gasteiger partial charge on any atom is -0.338 e. The molecule has 0 fully saturated rings. The van der Waals surface area contributed by atoms with E-state index in [1.807, 2.05) is 36.4 Å². The van der Waals surface area contributed by atoms with Gasteiger partial charge < -0.3 is 10.6 Å². The Morgan fingerprint density at radius 1 is 0.773 bits per heavy atom. The van der Waals surface area contributed by atoms with E-state index in [2.05, 4.69) is 48.7 Å². The molecule has 3 nitrogen and oxygen atoms in total. The first-order valence-electron chi connectivity index (χ1n) is 7.78. The molecule has 0 aliphatic rings. The number of amides is 2. The molecule has 0 spiro atoms. The van der Waals surface area contributed by atoms with E-state index in [9.17, 15) is 4.79 Å². The Labute approximate surface area is 132 Å². The van der Waals surface area contributed by atoms with E-state index in [-0.39, 0.29) is 6.03 Å². The van der Waals surface area contributed by atoms with Crippen LogP contribution in [0.1, 0.15) is 36.8 Å². The van der Waals surface area contributed by atoms with Crippen molar-refractivity contribution in [2.75, 3.05) is 13.1 Å². The molecule has 116 valence electrons. The fraction of sp³-hybridized carbons (Fsp3) is 0.316. The molecule has 0 bridgehead atoms. The molecule has 0 saturated carbocycles. The summed E-state index contributed by atoms with van der Waals surface area (Å²) in [7, 11) is 0. The van der Waals surface area contributed by atoms with Crippen molar-refractivity contribution in [2.24, 2.45) is 0 Å². The first-order valence-corrected chi connectivity index (χ1v) is 7.78. The highest BCUT2D eigenvalue weighted by molar-refractivity contribution is 5.73. The molecule has 2 aromatic carbocycles. The van der Waals surface area contributed by atoms with E-state index >= 15 is 0 Å². The number of nitrogens with one attached hydrogen (secondary N) is 2. The monoisotopic (exact) mass is 296 g/mol. The van der Waals surface area contributed by atoms with Gasteiger partial charge in [-0.05, 0) is 23.0 Å². The van der Waals surface area contributed by atoms with Crippen LogP contribution in [0.5, 0.6) is 0 Å². The summed E-state index contributed by atoms with van der Waals surface area (Å²) in [6.07, 6.45) is 0. The maximum Gasteiger partial charge on any atom is 0.314 e. The maximum atomic E-state index is 11.9. The van der Waals surface area contributed by atoms with Crippen LogP contribution in [0.3, 0.4) is 0 Å². The molecule has 0 saturated heterocycles. The maximum absolute atomic E-state index is 11.9. The fourth-order valence-electron chi connectivity index (χ4n) is 2.35. The summed E-state index contributed by atoms with van der Waals surface area (Å²) in [5.41, 5.74) is 2.47. The lowest BCUT2D eigenvalue weighted by Gasteiger charge is -2.16. The Balaban J connectivity index is 1.72. The highest BCUT2D eigenvalue weighted by Gasteiger charge is 2.09. The normalized spacial score (nSPS) is 13.2. The summed E-state index contributed by atoms with van der Waals surface area (Å²) in [6, 6.07) is 20.3. The SMILES string of the molecule is CC(CNC(=O)NCC(C)c1ccccc1)c1ccccc1. The van der Waals surface area contributed by atoms with Gasteiger partial charge in [-0.15, -0.1) is 0 Å². The number of hydrogen-bond donors (Lipinski definition) is 2. The largest absolute Gasteiger partial charge is 0.338 e. The van der Waals surface area contributed by atoms with E-state index in [0.29, 0.717) is 24.9 Å². The van der Waals surface area contributed by atoms with E-state index in [0.717, 1.165) is 0 Å². The lowest BCUT2D eigenvalue weighted by Crippen LogP contribution is -2.39. The van der Waals surface area contributed by atoms with Crippen LogP contribution in [0.2, 0.25) is 0 Å². The van der Waals surface area contributed by atoms with Crippen LogP contribution >= 0.6 is 0 Å². The minimum absolute atomic E-state index is 0.106. The van der Waals surface area contributed by atoms with Crippen molar-refractivity contribution in [1.29, 1.82) is 0 Å². The quantitative estimate of drug-likeness (QED) is 0.834. The molecule has 2 N–H and O–H groups in total. The van der Waals surface area contributed by atoms with Crippen LogP contribution < -0.4 is 10.6 Å². The molecule has 22 heavy (non-hydrogen) atoms. The lowest BCUT2D eigenvalue weighted by molar-refractivity contribution is 0.240. The number of carbonyl (C=O) groups excluding carboxylic acids is 1. The van der Waals surface area contributed by atoms with Crippen LogP contribution in [0.4, 0.5) is 4.79 Å². The van der Waals surface area contributed by atoms with E-state index in [4.69, 9.17) is 0 Å². The molecule has 2 unspecified atom stereocenters. The van der Waals surface area contributed by atoms with Crippen LogP contribution in [-0.4, -0.2) is 19.1 Å². The molecule has 2 aromatic rings. The Kier molecular flexibility index (Phi) is 6.01. The zero-order chi connectivity index (χ0) is 15.8. The van der Waals surface area contributed by atoms with Gasteiger partial charge in [-0.1, -0.05) is 74.5 Å². The molecule has 3 heteroatoms. The summed E-state index contributed by atoms with van der Waals surface area (Å²) in [4.78, 5) is 11.9. The fourth-order valence-corrected chi connectivity index (χ4v) is 2.35. The summed E-state index contributed by atoms with van der Waals surface area (Å²) in [5, 5.41) is 5.88. The van der Waals surface area contributed by atoms with Gasteiger partial charge >= 0.3 is 6.03 Å². The van der Waals surface area contributed by atoms with Crippen LogP contribution in [0.15, 0.2) is 60.7 Å². The number of rotatable bonds is 6. The molecule has 2 atom stereocenters. The second-order valence-corrected chi connectivity index (χ2v) is 5.71. The molecule has 0 aliphatic carbocycles. The highest BCUT2D eigenvalue weighted by Crippen LogP contribution is 2.14. The molecular weight excluding hydrogens is 272 g/mol. The van der Waals surface area contributed by atoms with Gasteiger partial charge in [-0.25, -0.2) is 4.79 Å². The van der Waals surface area contributed by atoms with Gasteiger partial charge in [0.25, 0.3) is 0 Å². The van der Waals surface area contributed by atoms with E-state index in [1.54, 1.807) is 0 Å². The van der Waals surface area contributed by atoms with Gasteiger partial charge in [0.1, 0.15) is 0 Å². The summed E-state index contributed by atoms with van der Waals surface area (Å²) >= 11 is 0. The third-order valence-corrected chi connectivity index (χ3v) is 3.87. The molecule has 0 aromatic heterocycles. The molecule has 2 amide bonds. The average molecular weight is 296 g/mol. The van der Waals surface area contributed by atoms with Crippen molar-refractivity contribution in [2.45, 2.75) is 25.7 Å². The molecule has 0 radical (unpaired) electrons. The van der Waals surface area contributed by atoms with Crippen LogP contribution in [-0.2, 0) is 0 Å². The summed E-state index contributed by atoms with van der Waals surface area (Å²) in [6.45, 7) is 5.50. The predicted octanol–water partition coefficient (Wildman–Crippen LogP) is 3.89. The van der Waals surface area contributed by atoms with Crippen LogP contribution in [0.25, 0.3) is 0 Å². The van der Waals surface area contributed by atoms with Gasteiger partial charge in [0.15, 0.2) is 0 Å². The van der Waals surface area contributed by atoms with Crippen molar-refractivity contribution in [1.82, 2.24) is 10.6 Å². The minimum atomic E-state index is -0.106. The van der Waals surface area contributed by atoms with Gasteiger partial charge in [0, 0.05) is 13.1 Å². The Morgan fingerprint density at radius 3 is 1.50 bits per heavy atom. The van der Waals surface area contributed by atoms with Crippen molar-refractivity contribution in [3.8, 4) is 0 Å². The molecule has 0 heterocycles. The van der Waals surface area contributed by atoms with Crippen molar-refractivity contribution in [3.05, 3.63) is 71.8 Å². The summed E-state index contributed by atoms with van der Waals surface area (Å²) < 4.78 is 0. The number of hydrogen-bond acceptors (Lipinski definition) is 1. The smallest absolute Gasteiger partial charge is 0.314 e. The van der Waals surface area contributed by atoms with Gasteiger partial charge in [0.05, 0.1) is 0 Å². The molecule has 2 rings (SSSR count). The Bertz CT molecular complexity index is 517. The van der Waals surface area contributed by atoms with Gasteiger partial charge in [-0.2, -0.15) is 0 Å². The van der Waals surface area contributed by atoms with Crippen molar-refractivity contribution in [3.63, 3.8) is 0 Å². The second-order valence-electron chi connectivity index (χ2n) is 5.71. The van der Waals surface area contributed by atoms with Crippen molar-refractivity contribution < 1.29 is 4.79 Å². The second kappa shape index (κ2) is 8.23. The standard InChI is InChI=1S/C19H24N2O/c1-15(17-9-5-3-6-10-17)13-20-19(22)21-14-16(2)18-11-7-4-8-12-18/h3-12,15-16H,13-14H2,1-2H3,(H2,20,21,22). The predicted molar refractivity (Wildman–Crippen MR) is 91.1 cm³/mol.